The third-order valence-electron chi connectivity index (χ3n) is 4.01. The van der Waals surface area contributed by atoms with Gasteiger partial charge in [0, 0.05) is 23.2 Å². The normalized spacial score (nSPS) is 13.8. The maximum Gasteiger partial charge on any atom is 0.407 e. The van der Waals surface area contributed by atoms with E-state index in [2.05, 4.69) is 25.5 Å². The fourth-order valence-electron chi connectivity index (χ4n) is 2.82. The number of hydrogen-bond acceptors (Lipinski definition) is 5. The van der Waals surface area contributed by atoms with Crippen molar-refractivity contribution in [2.75, 3.05) is 11.9 Å². The predicted molar refractivity (Wildman–Crippen MR) is 88.6 cm³/mol. The molecule has 3 N–H and O–H groups in total. The standard InChI is InChI=1S/C15H13ClN6O2/c16-14-19-12-7-22(15(23)24)4-3-10(12)13(20-14)18-9-1-2-11-8(5-9)6-17-21-11/h1-2,5-6H,3-4,7H2,(H,17,21)(H,23,24)(H,18,19,20). The molecule has 3 aromatic rings. The third-order valence-corrected chi connectivity index (χ3v) is 4.18. The average molecular weight is 345 g/mol. The first-order valence-electron chi connectivity index (χ1n) is 7.33. The Morgan fingerprint density at radius 2 is 2.25 bits per heavy atom. The van der Waals surface area contributed by atoms with Crippen LogP contribution in [0.4, 0.5) is 16.3 Å². The van der Waals surface area contributed by atoms with Crippen molar-refractivity contribution >= 4 is 40.1 Å². The van der Waals surface area contributed by atoms with Crippen molar-refractivity contribution in [2.45, 2.75) is 13.0 Å². The van der Waals surface area contributed by atoms with E-state index >= 15 is 0 Å². The lowest BCUT2D eigenvalue weighted by molar-refractivity contribution is 0.139. The summed E-state index contributed by atoms with van der Waals surface area (Å²) in [5.41, 5.74) is 3.32. The van der Waals surface area contributed by atoms with Crippen LogP contribution in [-0.4, -0.2) is 42.8 Å². The summed E-state index contributed by atoms with van der Waals surface area (Å²) < 4.78 is 0. The highest BCUT2D eigenvalue weighted by molar-refractivity contribution is 6.28. The third kappa shape index (κ3) is 2.61. The van der Waals surface area contributed by atoms with E-state index in [0.29, 0.717) is 24.5 Å². The number of nitrogens with zero attached hydrogens (tertiary/aromatic N) is 4. The van der Waals surface area contributed by atoms with Gasteiger partial charge < -0.3 is 15.3 Å². The Balaban J connectivity index is 1.69. The van der Waals surface area contributed by atoms with Gasteiger partial charge in [-0.2, -0.15) is 5.10 Å². The number of amides is 1. The van der Waals surface area contributed by atoms with Gasteiger partial charge in [-0.3, -0.25) is 5.10 Å². The minimum absolute atomic E-state index is 0.0906. The van der Waals surface area contributed by atoms with Gasteiger partial charge in [0.15, 0.2) is 0 Å². The number of benzene rings is 1. The number of nitrogens with one attached hydrogen (secondary N) is 2. The zero-order valence-corrected chi connectivity index (χ0v) is 13.2. The van der Waals surface area contributed by atoms with Gasteiger partial charge in [0.1, 0.15) is 5.82 Å². The molecule has 122 valence electrons. The van der Waals surface area contributed by atoms with E-state index in [1.165, 1.54) is 4.90 Å². The summed E-state index contributed by atoms with van der Waals surface area (Å²) in [4.78, 5) is 20.9. The van der Waals surface area contributed by atoms with Gasteiger partial charge in [-0.25, -0.2) is 14.8 Å². The van der Waals surface area contributed by atoms with E-state index in [0.717, 1.165) is 22.2 Å². The average Bonchev–Trinajstić information content (AvgIpc) is 3.01. The van der Waals surface area contributed by atoms with E-state index in [1.54, 1.807) is 6.20 Å². The number of carboxylic acid groups (broad SMARTS) is 1. The summed E-state index contributed by atoms with van der Waals surface area (Å²) in [5, 5.41) is 20.4. The fourth-order valence-corrected chi connectivity index (χ4v) is 3.01. The van der Waals surface area contributed by atoms with Crippen molar-refractivity contribution in [2.24, 2.45) is 0 Å². The Kier molecular flexibility index (Phi) is 3.46. The fraction of sp³-hybridized carbons (Fsp3) is 0.200. The summed E-state index contributed by atoms with van der Waals surface area (Å²) >= 11 is 6.01. The van der Waals surface area contributed by atoms with Crippen LogP contribution in [-0.2, 0) is 13.0 Å². The molecule has 0 fully saturated rings. The highest BCUT2D eigenvalue weighted by atomic mass is 35.5. The van der Waals surface area contributed by atoms with Crippen LogP contribution < -0.4 is 5.32 Å². The molecule has 0 saturated carbocycles. The van der Waals surface area contributed by atoms with Crippen LogP contribution in [0.2, 0.25) is 5.28 Å². The molecule has 0 aliphatic carbocycles. The number of carbonyl (C=O) groups is 1. The molecule has 2 aromatic heterocycles. The van der Waals surface area contributed by atoms with Crippen LogP contribution in [0.5, 0.6) is 0 Å². The maximum absolute atomic E-state index is 11.1. The first-order valence-corrected chi connectivity index (χ1v) is 7.71. The van der Waals surface area contributed by atoms with Crippen molar-refractivity contribution < 1.29 is 9.90 Å². The van der Waals surface area contributed by atoms with Crippen LogP contribution in [0.3, 0.4) is 0 Å². The lowest BCUT2D eigenvalue weighted by Crippen LogP contribution is -2.35. The number of aromatic nitrogens is 4. The number of fused-ring (bicyclic) bond motifs is 2. The second-order valence-corrected chi connectivity index (χ2v) is 5.86. The molecule has 0 radical (unpaired) electrons. The molecule has 3 heterocycles. The number of H-pyrrole nitrogens is 1. The molecule has 24 heavy (non-hydrogen) atoms. The lowest BCUT2D eigenvalue weighted by Gasteiger charge is -2.26. The van der Waals surface area contributed by atoms with Gasteiger partial charge in [0.25, 0.3) is 0 Å². The first-order chi connectivity index (χ1) is 11.6. The van der Waals surface area contributed by atoms with Crippen LogP contribution in [0.25, 0.3) is 10.9 Å². The molecule has 0 saturated heterocycles. The van der Waals surface area contributed by atoms with E-state index in [9.17, 15) is 4.79 Å². The number of hydrogen-bond donors (Lipinski definition) is 3. The highest BCUT2D eigenvalue weighted by Gasteiger charge is 2.24. The highest BCUT2D eigenvalue weighted by Crippen LogP contribution is 2.28. The number of anilines is 2. The zero-order chi connectivity index (χ0) is 16.7. The molecule has 0 atom stereocenters. The summed E-state index contributed by atoms with van der Waals surface area (Å²) in [5.74, 6) is 0.609. The van der Waals surface area contributed by atoms with E-state index < -0.39 is 6.09 Å². The molecule has 0 unspecified atom stereocenters. The molecule has 1 aromatic carbocycles. The van der Waals surface area contributed by atoms with Gasteiger partial charge in [-0.05, 0) is 36.2 Å². The van der Waals surface area contributed by atoms with E-state index in [1.807, 2.05) is 18.2 Å². The monoisotopic (exact) mass is 344 g/mol. The summed E-state index contributed by atoms with van der Waals surface area (Å²) in [6.45, 7) is 0.616. The van der Waals surface area contributed by atoms with Crippen LogP contribution >= 0.6 is 11.6 Å². The van der Waals surface area contributed by atoms with E-state index in [4.69, 9.17) is 16.7 Å². The number of rotatable bonds is 2. The van der Waals surface area contributed by atoms with Crippen molar-refractivity contribution in [3.8, 4) is 0 Å². The summed E-state index contributed by atoms with van der Waals surface area (Å²) in [7, 11) is 0. The Morgan fingerprint density at radius 1 is 1.38 bits per heavy atom. The predicted octanol–water partition coefficient (Wildman–Crippen LogP) is 2.79. The Morgan fingerprint density at radius 3 is 3.08 bits per heavy atom. The Bertz CT molecular complexity index is 941. The van der Waals surface area contributed by atoms with Crippen molar-refractivity contribution in [3.63, 3.8) is 0 Å². The SMILES string of the molecule is O=C(O)N1CCc2c(nc(Cl)nc2Nc2ccc3[nH]ncc3c2)C1. The van der Waals surface area contributed by atoms with Crippen LogP contribution in [0.15, 0.2) is 24.4 Å². The first kappa shape index (κ1) is 14.7. The van der Waals surface area contributed by atoms with Gasteiger partial charge in [0.2, 0.25) is 5.28 Å². The van der Waals surface area contributed by atoms with Crippen molar-refractivity contribution in [3.05, 3.63) is 40.9 Å². The zero-order valence-electron chi connectivity index (χ0n) is 12.5. The molecule has 0 bridgehead atoms. The van der Waals surface area contributed by atoms with Gasteiger partial charge in [-0.1, -0.05) is 0 Å². The minimum atomic E-state index is -0.963. The molecule has 1 amide bonds. The molecular weight excluding hydrogens is 332 g/mol. The van der Waals surface area contributed by atoms with Gasteiger partial charge in [-0.15, -0.1) is 0 Å². The smallest absolute Gasteiger partial charge is 0.407 e. The molecule has 0 spiro atoms. The summed E-state index contributed by atoms with van der Waals surface area (Å²) in [6.07, 6.45) is 1.32. The second-order valence-electron chi connectivity index (χ2n) is 5.52. The molecule has 1 aliphatic heterocycles. The molecule has 1 aliphatic rings. The Hall–Kier alpha value is -2.87. The quantitative estimate of drug-likeness (QED) is 0.617. The maximum atomic E-state index is 11.1. The van der Waals surface area contributed by atoms with Gasteiger partial charge >= 0.3 is 6.09 Å². The Labute approximate surface area is 141 Å². The molecular formula is C15H13ClN6O2. The molecule has 9 heteroatoms. The molecule has 4 rings (SSSR count). The number of aromatic amines is 1. The minimum Gasteiger partial charge on any atom is -0.465 e. The van der Waals surface area contributed by atoms with Crippen molar-refractivity contribution in [1.82, 2.24) is 25.1 Å². The van der Waals surface area contributed by atoms with Crippen LogP contribution in [0, 0.1) is 0 Å². The largest absolute Gasteiger partial charge is 0.465 e. The topological polar surface area (TPSA) is 107 Å². The molecule has 8 nitrogen and oxygen atoms in total. The second kappa shape index (κ2) is 5.64. The van der Waals surface area contributed by atoms with Crippen molar-refractivity contribution in [1.29, 1.82) is 0 Å². The number of halogens is 1. The van der Waals surface area contributed by atoms with E-state index in [-0.39, 0.29) is 11.8 Å². The van der Waals surface area contributed by atoms with Crippen LogP contribution in [0.1, 0.15) is 11.3 Å². The summed E-state index contributed by atoms with van der Waals surface area (Å²) in [6, 6.07) is 5.79. The lowest BCUT2D eigenvalue weighted by atomic mass is 10.1. The van der Waals surface area contributed by atoms with Gasteiger partial charge in [0.05, 0.1) is 24.0 Å².